The lowest BCUT2D eigenvalue weighted by Gasteiger charge is -2.17. The fraction of sp³-hybridized carbons (Fsp3) is 0.429. The highest BCUT2D eigenvalue weighted by molar-refractivity contribution is 4.91. The van der Waals surface area contributed by atoms with E-state index in [0.717, 1.165) is 6.42 Å². The zero-order valence-corrected chi connectivity index (χ0v) is 5.58. The summed E-state index contributed by atoms with van der Waals surface area (Å²) in [5.74, 6) is 0. The van der Waals surface area contributed by atoms with E-state index in [2.05, 4.69) is 13.5 Å². The molecule has 0 aliphatic carbocycles. The van der Waals surface area contributed by atoms with Crippen LogP contribution in [0.3, 0.4) is 0 Å². The minimum atomic E-state index is 0.183. The average molecular weight is 125 g/mol. The number of ether oxygens (including phenoxy) is 1. The van der Waals surface area contributed by atoms with Gasteiger partial charge in [-0.25, -0.2) is 0 Å². The third-order valence-corrected chi connectivity index (χ3v) is 1.36. The van der Waals surface area contributed by atoms with Crippen molar-refractivity contribution in [3.8, 4) is 0 Å². The van der Waals surface area contributed by atoms with Crippen molar-refractivity contribution in [2.45, 2.75) is 19.6 Å². The predicted octanol–water partition coefficient (Wildman–Crippen LogP) is 1.67. The highest BCUT2D eigenvalue weighted by Gasteiger charge is 2.14. The number of hydrogen-bond donors (Lipinski definition) is 0. The number of nitrogens with zero attached hydrogens (tertiary/aromatic N) is 1. The van der Waals surface area contributed by atoms with E-state index in [9.17, 15) is 0 Å². The molecule has 0 saturated heterocycles. The van der Waals surface area contributed by atoms with E-state index in [1.165, 1.54) is 0 Å². The maximum atomic E-state index is 5.18. The molecular weight excluding hydrogens is 114 g/mol. The van der Waals surface area contributed by atoms with Gasteiger partial charge in [0.2, 0.25) is 0 Å². The van der Waals surface area contributed by atoms with Crippen molar-refractivity contribution in [2.24, 2.45) is 0 Å². The first-order valence-electron chi connectivity index (χ1n) is 3.10. The molecule has 2 nitrogen and oxygen atoms in total. The van der Waals surface area contributed by atoms with Crippen molar-refractivity contribution in [2.75, 3.05) is 0 Å². The minimum absolute atomic E-state index is 0.183. The lowest BCUT2D eigenvalue weighted by atomic mass is 10.4. The second kappa shape index (κ2) is 2.58. The molecule has 2 heteroatoms. The van der Waals surface area contributed by atoms with Gasteiger partial charge in [0.05, 0.1) is 0 Å². The summed E-state index contributed by atoms with van der Waals surface area (Å²) >= 11 is 0. The largest absolute Gasteiger partial charge is 0.476 e. The van der Waals surface area contributed by atoms with Gasteiger partial charge >= 0.3 is 0 Å². The van der Waals surface area contributed by atoms with Crippen molar-refractivity contribution in [3.05, 3.63) is 25.2 Å². The van der Waals surface area contributed by atoms with Crippen LogP contribution >= 0.6 is 0 Å². The van der Waals surface area contributed by atoms with E-state index in [-0.39, 0.29) is 6.23 Å². The first-order valence-corrected chi connectivity index (χ1v) is 3.10. The van der Waals surface area contributed by atoms with Crippen LogP contribution in [0.25, 0.3) is 0 Å². The first-order chi connectivity index (χ1) is 4.38. The Morgan fingerprint density at radius 1 is 1.89 bits per heavy atom. The molecule has 9 heavy (non-hydrogen) atoms. The molecule has 0 bridgehead atoms. The third kappa shape index (κ3) is 1.07. The summed E-state index contributed by atoms with van der Waals surface area (Å²) < 4.78 is 5.18. The quantitative estimate of drug-likeness (QED) is 0.556. The second-order valence-electron chi connectivity index (χ2n) is 1.91. The first kappa shape index (κ1) is 6.20. The van der Waals surface area contributed by atoms with Gasteiger partial charge in [-0.2, -0.15) is 0 Å². The molecule has 1 heterocycles. The number of rotatable bonds is 2. The molecule has 1 aliphatic rings. The van der Waals surface area contributed by atoms with Crippen LogP contribution in [0.4, 0.5) is 0 Å². The zero-order valence-electron chi connectivity index (χ0n) is 5.58. The van der Waals surface area contributed by atoms with E-state index < -0.39 is 0 Å². The molecule has 0 fully saturated rings. The summed E-state index contributed by atoms with van der Waals surface area (Å²) in [4.78, 5) is 1.94. The summed E-state index contributed by atoms with van der Waals surface area (Å²) in [7, 11) is 0. The molecular formula is C7H11NO. The standard InChI is InChI=1S/C7H11NO/c1-3-7-8(4-2)5-6-9-7/h4-7H,2-3H2,1H3. The van der Waals surface area contributed by atoms with Crippen molar-refractivity contribution in [3.63, 3.8) is 0 Å². The van der Waals surface area contributed by atoms with Gasteiger partial charge in [-0.15, -0.1) is 0 Å². The van der Waals surface area contributed by atoms with Gasteiger partial charge in [-0.3, -0.25) is 0 Å². The summed E-state index contributed by atoms with van der Waals surface area (Å²) in [5, 5.41) is 0. The van der Waals surface area contributed by atoms with E-state index in [1.54, 1.807) is 12.5 Å². The van der Waals surface area contributed by atoms with Crippen LogP contribution in [0.2, 0.25) is 0 Å². The highest BCUT2D eigenvalue weighted by Crippen LogP contribution is 2.13. The van der Waals surface area contributed by atoms with Crippen LogP contribution in [-0.4, -0.2) is 11.1 Å². The molecule has 1 atom stereocenters. The normalized spacial score (nSPS) is 24.1. The van der Waals surface area contributed by atoms with Crippen molar-refractivity contribution in [1.29, 1.82) is 0 Å². The molecule has 0 aromatic heterocycles. The fourth-order valence-corrected chi connectivity index (χ4v) is 0.848. The summed E-state index contributed by atoms with van der Waals surface area (Å²) in [6.07, 6.45) is 6.50. The van der Waals surface area contributed by atoms with Crippen LogP contribution in [-0.2, 0) is 4.74 Å². The van der Waals surface area contributed by atoms with Crippen molar-refractivity contribution in [1.82, 2.24) is 4.90 Å². The Kier molecular flexibility index (Phi) is 1.78. The summed E-state index contributed by atoms with van der Waals surface area (Å²) in [6, 6.07) is 0. The Morgan fingerprint density at radius 3 is 3.11 bits per heavy atom. The van der Waals surface area contributed by atoms with Gasteiger partial charge in [-0.1, -0.05) is 13.5 Å². The van der Waals surface area contributed by atoms with Crippen LogP contribution in [0.1, 0.15) is 13.3 Å². The smallest absolute Gasteiger partial charge is 0.174 e. The Balaban J connectivity index is 2.48. The Morgan fingerprint density at radius 2 is 2.67 bits per heavy atom. The third-order valence-electron chi connectivity index (χ3n) is 1.36. The van der Waals surface area contributed by atoms with Crippen molar-refractivity contribution >= 4 is 0 Å². The number of hydrogen-bond acceptors (Lipinski definition) is 2. The molecule has 1 aliphatic heterocycles. The fourth-order valence-electron chi connectivity index (χ4n) is 0.848. The van der Waals surface area contributed by atoms with Gasteiger partial charge in [0.15, 0.2) is 6.23 Å². The zero-order chi connectivity index (χ0) is 6.69. The van der Waals surface area contributed by atoms with Crippen LogP contribution in [0.5, 0.6) is 0 Å². The second-order valence-corrected chi connectivity index (χ2v) is 1.91. The molecule has 0 radical (unpaired) electrons. The summed E-state index contributed by atoms with van der Waals surface area (Å²) in [5.41, 5.74) is 0. The average Bonchev–Trinajstić information content (AvgIpc) is 2.33. The highest BCUT2D eigenvalue weighted by atomic mass is 16.5. The van der Waals surface area contributed by atoms with Crippen LogP contribution in [0, 0.1) is 0 Å². The minimum Gasteiger partial charge on any atom is -0.476 e. The molecule has 0 aromatic carbocycles. The van der Waals surface area contributed by atoms with E-state index in [1.807, 2.05) is 11.1 Å². The van der Waals surface area contributed by atoms with Crippen molar-refractivity contribution < 1.29 is 4.74 Å². The van der Waals surface area contributed by atoms with E-state index >= 15 is 0 Å². The van der Waals surface area contributed by atoms with Gasteiger partial charge in [0.25, 0.3) is 0 Å². The summed E-state index contributed by atoms with van der Waals surface area (Å²) in [6.45, 7) is 5.71. The van der Waals surface area contributed by atoms with Gasteiger partial charge in [-0.05, 0) is 0 Å². The monoisotopic (exact) mass is 125 g/mol. The lowest BCUT2D eigenvalue weighted by molar-refractivity contribution is 0.0815. The SMILES string of the molecule is C=CN1C=COC1CC. The maximum Gasteiger partial charge on any atom is 0.174 e. The Bertz CT molecular complexity index is 131. The Hall–Kier alpha value is -0.920. The Labute approximate surface area is 55.4 Å². The van der Waals surface area contributed by atoms with E-state index in [0.29, 0.717) is 0 Å². The molecule has 1 rings (SSSR count). The predicted molar refractivity (Wildman–Crippen MR) is 36.3 cm³/mol. The van der Waals surface area contributed by atoms with Crippen LogP contribution in [0.15, 0.2) is 25.2 Å². The van der Waals surface area contributed by atoms with Gasteiger partial charge < -0.3 is 9.64 Å². The van der Waals surface area contributed by atoms with Gasteiger partial charge in [0.1, 0.15) is 6.26 Å². The molecule has 50 valence electrons. The maximum absolute atomic E-state index is 5.18. The molecule has 1 unspecified atom stereocenters. The molecule has 0 N–H and O–H groups in total. The molecule has 0 aromatic rings. The van der Waals surface area contributed by atoms with Crippen LogP contribution < -0.4 is 0 Å². The topological polar surface area (TPSA) is 12.5 Å². The van der Waals surface area contributed by atoms with E-state index in [4.69, 9.17) is 4.74 Å². The van der Waals surface area contributed by atoms with Gasteiger partial charge in [0, 0.05) is 18.8 Å². The molecule has 0 amide bonds. The molecule has 0 spiro atoms. The molecule has 0 saturated carbocycles. The lowest BCUT2D eigenvalue weighted by Crippen LogP contribution is -2.21.